The van der Waals surface area contributed by atoms with Gasteiger partial charge in [0.15, 0.2) is 12.4 Å². The largest absolute Gasteiger partial charge is 0.336 e. The smallest absolute Gasteiger partial charge is 0.304 e. The van der Waals surface area contributed by atoms with Gasteiger partial charge in [-0.15, -0.1) is 0 Å². The number of fused-ring (bicyclic) bond motifs is 1. The van der Waals surface area contributed by atoms with Crippen LogP contribution in [0.5, 0.6) is 0 Å². The number of carbonyl (C=O) groups excluding carboxylic acids is 2. The van der Waals surface area contributed by atoms with Crippen molar-refractivity contribution in [2.75, 3.05) is 26.3 Å². The van der Waals surface area contributed by atoms with Crippen LogP contribution >= 0.6 is 11.6 Å². The number of hydrogen-bond donors (Lipinski definition) is 0. The van der Waals surface area contributed by atoms with Crippen molar-refractivity contribution in [3.63, 3.8) is 0 Å². The zero-order chi connectivity index (χ0) is 22.8. The Bertz CT molecular complexity index is 1090. The van der Waals surface area contributed by atoms with Crippen molar-refractivity contribution >= 4 is 29.1 Å². The fourth-order valence-electron chi connectivity index (χ4n) is 4.77. The molecule has 0 N–H and O–H groups in total. The standard InChI is InChI=1S/C22H24ClF3N4O2/c1-12-6-15(7-12)29-5-4-28(10-17(29)31)21(32)18-19(23)30-9-14(13-2-3-13)8-16(20(30)27-18)22(25,26)11-24/h8-9,12-13,15H,2-7,10-11H2,1H3. The summed E-state index contributed by atoms with van der Waals surface area (Å²) in [7, 11) is 0. The summed E-state index contributed by atoms with van der Waals surface area (Å²) in [6.45, 7) is 0.904. The van der Waals surface area contributed by atoms with Gasteiger partial charge in [0.2, 0.25) is 5.91 Å². The van der Waals surface area contributed by atoms with Crippen LogP contribution in [0.1, 0.15) is 60.1 Å². The molecular formula is C22H24ClF3N4O2. The number of piperazine rings is 1. The number of hydrogen-bond acceptors (Lipinski definition) is 3. The molecule has 0 bridgehead atoms. The Balaban J connectivity index is 1.45. The van der Waals surface area contributed by atoms with Crippen molar-refractivity contribution in [3.8, 4) is 0 Å². The van der Waals surface area contributed by atoms with Crippen molar-refractivity contribution < 1.29 is 22.8 Å². The molecule has 0 radical (unpaired) electrons. The predicted molar refractivity (Wildman–Crippen MR) is 112 cm³/mol. The Hall–Kier alpha value is -2.29. The molecular weight excluding hydrogens is 445 g/mol. The van der Waals surface area contributed by atoms with Crippen LogP contribution in [0, 0.1) is 5.92 Å². The Morgan fingerprint density at radius 3 is 2.59 bits per heavy atom. The first kappa shape index (κ1) is 21.6. The van der Waals surface area contributed by atoms with Crippen LogP contribution in [-0.4, -0.2) is 63.3 Å². The molecule has 0 unspecified atom stereocenters. The summed E-state index contributed by atoms with van der Waals surface area (Å²) in [4.78, 5) is 33.0. The maximum atomic E-state index is 14.4. The van der Waals surface area contributed by atoms with E-state index in [0.717, 1.165) is 25.7 Å². The molecule has 172 valence electrons. The summed E-state index contributed by atoms with van der Waals surface area (Å²) >= 11 is 6.42. The molecule has 0 aromatic carbocycles. The minimum absolute atomic E-state index is 0.102. The Labute approximate surface area is 188 Å². The van der Waals surface area contributed by atoms with Crippen molar-refractivity contribution in [2.24, 2.45) is 5.92 Å². The van der Waals surface area contributed by atoms with Crippen LogP contribution in [0.4, 0.5) is 13.2 Å². The molecule has 5 rings (SSSR count). The van der Waals surface area contributed by atoms with E-state index >= 15 is 0 Å². The lowest BCUT2D eigenvalue weighted by Gasteiger charge is -2.45. The van der Waals surface area contributed by atoms with Gasteiger partial charge in [-0.1, -0.05) is 18.5 Å². The lowest BCUT2D eigenvalue weighted by molar-refractivity contribution is -0.140. The van der Waals surface area contributed by atoms with Crippen LogP contribution in [-0.2, 0) is 10.7 Å². The SMILES string of the molecule is CC1CC(N2CCN(C(=O)c3nc4c(C(F)(F)CF)cc(C5CC5)cn4c3Cl)CC2=O)C1. The molecule has 2 aromatic heterocycles. The van der Waals surface area contributed by atoms with Gasteiger partial charge in [-0.05, 0) is 49.1 Å². The van der Waals surface area contributed by atoms with Gasteiger partial charge in [0.05, 0.1) is 5.56 Å². The zero-order valence-corrected chi connectivity index (χ0v) is 18.4. The van der Waals surface area contributed by atoms with Crippen molar-refractivity contribution in [3.05, 3.63) is 34.2 Å². The fourth-order valence-corrected chi connectivity index (χ4v) is 5.02. The van der Waals surface area contributed by atoms with Crippen LogP contribution in [0.15, 0.2) is 12.3 Å². The third kappa shape index (κ3) is 3.54. The van der Waals surface area contributed by atoms with Gasteiger partial charge in [0, 0.05) is 25.3 Å². The molecule has 6 nitrogen and oxygen atoms in total. The molecule has 1 saturated heterocycles. The third-order valence-electron chi connectivity index (χ3n) is 6.83. The van der Waals surface area contributed by atoms with Gasteiger partial charge in [-0.2, -0.15) is 8.78 Å². The second kappa shape index (κ2) is 7.64. The van der Waals surface area contributed by atoms with Crippen LogP contribution in [0.2, 0.25) is 5.15 Å². The van der Waals surface area contributed by atoms with E-state index in [1.54, 1.807) is 6.20 Å². The van der Waals surface area contributed by atoms with E-state index in [9.17, 15) is 22.8 Å². The predicted octanol–water partition coefficient (Wildman–Crippen LogP) is 4.01. The molecule has 2 aliphatic carbocycles. The molecule has 3 heterocycles. The number of alkyl halides is 3. The number of carbonyl (C=O) groups is 2. The highest BCUT2D eigenvalue weighted by Crippen LogP contribution is 2.43. The molecule has 3 fully saturated rings. The first-order valence-electron chi connectivity index (χ1n) is 10.9. The van der Waals surface area contributed by atoms with E-state index < -0.39 is 24.1 Å². The molecule has 32 heavy (non-hydrogen) atoms. The minimum atomic E-state index is -3.75. The molecule has 0 atom stereocenters. The van der Waals surface area contributed by atoms with E-state index in [1.165, 1.54) is 15.4 Å². The monoisotopic (exact) mass is 468 g/mol. The normalized spacial score (nSPS) is 24.2. The topological polar surface area (TPSA) is 57.9 Å². The minimum Gasteiger partial charge on any atom is -0.336 e. The highest BCUT2D eigenvalue weighted by atomic mass is 35.5. The molecule has 0 spiro atoms. The quantitative estimate of drug-likeness (QED) is 0.666. The number of halogens is 4. The van der Waals surface area contributed by atoms with E-state index in [0.29, 0.717) is 24.6 Å². The summed E-state index contributed by atoms with van der Waals surface area (Å²) in [5.41, 5.74) is -0.393. The number of amides is 2. The lowest BCUT2D eigenvalue weighted by atomic mass is 9.80. The molecule has 1 aliphatic heterocycles. The first-order chi connectivity index (χ1) is 15.2. The number of nitrogens with zero attached hydrogens (tertiary/aromatic N) is 4. The Morgan fingerprint density at radius 1 is 1.28 bits per heavy atom. The summed E-state index contributed by atoms with van der Waals surface area (Å²) in [5.74, 6) is -3.76. The Morgan fingerprint density at radius 2 is 2.00 bits per heavy atom. The van der Waals surface area contributed by atoms with Crippen LogP contribution in [0.25, 0.3) is 5.65 Å². The van der Waals surface area contributed by atoms with Crippen molar-refractivity contribution in [2.45, 2.75) is 50.5 Å². The first-order valence-corrected chi connectivity index (χ1v) is 11.3. The molecule has 3 aliphatic rings. The maximum absolute atomic E-state index is 14.4. The van der Waals surface area contributed by atoms with Gasteiger partial charge in [-0.3, -0.25) is 14.0 Å². The summed E-state index contributed by atoms with van der Waals surface area (Å²) < 4.78 is 43.2. The van der Waals surface area contributed by atoms with E-state index in [-0.39, 0.29) is 40.9 Å². The average Bonchev–Trinajstić information content (AvgIpc) is 3.54. The second-order valence-corrected chi connectivity index (χ2v) is 9.65. The fraction of sp³-hybridized carbons (Fsp3) is 0.591. The number of imidazole rings is 1. The lowest BCUT2D eigenvalue weighted by Crippen LogP contribution is -2.58. The number of aromatic nitrogens is 2. The average molecular weight is 469 g/mol. The molecule has 2 saturated carbocycles. The molecule has 2 amide bonds. The van der Waals surface area contributed by atoms with Crippen molar-refractivity contribution in [1.82, 2.24) is 19.2 Å². The van der Waals surface area contributed by atoms with Crippen LogP contribution in [0.3, 0.4) is 0 Å². The highest BCUT2D eigenvalue weighted by molar-refractivity contribution is 6.33. The van der Waals surface area contributed by atoms with E-state index in [2.05, 4.69) is 11.9 Å². The van der Waals surface area contributed by atoms with Gasteiger partial charge >= 0.3 is 5.92 Å². The van der Waals surface area contributed by atoms with Gasteiger partial charge in [0.1, 0.15) is 17.3 Å². The maximum Gasteiger partial charge on any atom is 0.304 e. The van der Waals surface area contributed by atoms with Crippen molar-refractivity contribution in [1.29, 1.82) is 0 Å². The second-order valence-electron chi connectivity index (χ2n) is 9.29. The number of rotatable bonds is 5. The summed E-state index contributed by atoms with van der Waals surface area (Å²) in [6, 6.07) is 1.49. The summed E-state index contributed by atoms with van der Waals surface area (Å²) in [6.07, 6.45) is 5.24. The summed E-state index contributed by atoms with van der Waals surface area (Å²) in [5, 5.41) is -0.105. The Kier molecular flexibility index (Phi) is 5.15. The zero-order valence-electron chi connectivity index (χ0n) is 17.7. The molecule has 2 aromatic rings. The number of pyridine rings is 1. The molecule has 10 heteroatoms. The highest BCUT2D eigenvalue weighted by Gasteiger charge is 2.40. The van der Waals surface area contributed by atoms with Gasteiger partial charge < -0.3 is 9.80 Å². The van der Waals surface area contributed by atoms with E-state index in [1.807, 2.05) is 4.90 Å². The van der Waals surface area contributed by atoms with Gasteiger partial charge in [0.25, 0.3) is 5.91 Å². The van der Waals surface area contributed by atoms with E-state index in [4.69, 9.17) is 11.6 Å². The third-order valence-corrected chi connectivity index (χ3v) is 7.19. The van der Waals surface area contributed by atoms with Gasteiger partial charge in [-0.25, -0.2) is 9.37 Å². The van der Waals surface area contributed by atoms with Crippen LogP contribution < -0.4 is 0 Å².